The van der Waals surface area contributed by atoms with Crippen LogP contribution in [0, 0.1) is 0 Å². The maximum atomic E-state index is 11.1. The first-order valence-corrected chi connectivity index (χ1v) is 7.71. The predicted octanol–water partition coefficient (Wildman–Crippen LogP) is 2.00. The second kappa shape index (κ2) is 13.3. The van der Waals surface area contributed by atoms with E-state index in [0.29, 0.717) is 19.6 Å². The van der Waals surface area contributed by atoms with Gasteiger partial charge in [0.05, 0.1) is 25.9 Å². The molecular weight excluding hydrogens is 258 g/mol. The van der Waals surface area contributed by atoms with E-state index >= 15 is 0 Å². The zero-order valence-electron chi connectivity index (χ0n) is 13.0. The molecule has 2 atom stereocenters. The van der Waals surface area contributed by atoms with Gasteiger partial charge in [0.2, 0.25) is 0 Å². The van der Waals surface area contributed by atoms with E-state index in [4.69, 9.17) is 20.3 Å². The number of unbranched alkanes of at least 4 members (excludes halogenated alkanes) is 4. The van der Waals surface area contributed by atoms with E-state index < -0.39 is 0 Å². The van der Waals surface area contributed by atoms with Gasteiger partial charge in [-0.2, -0.15) is 0 Å². The summed E-state index contributed by atoms with van der Waals surface area (Å²) in [6.07, 6.45) is 7.50. The van der Waals surface area contributed by atoms with Crippen molar-refractivity contribution in [1.82, 2.24) is 0 Å². The van der Waals surface area contributed by atoms with Crippen molar-refractivity contribution in [3.05, 3.63) is 0 Å². The highest BCUT2D eigenvalue weighted by molar-refractivity contribution is 5.66. The van der Waals surface area contributed by atoms with Crippen molar-refractivity contribution < 1.29 is 19.4 Å². The Morgan fingerprint density at radius 3 is 2.50 bits per heavy atom. The van der Waals surface area contributed by atoms with E-state index in [1.54, 1.807) is 0 Å². The Bertz CT molecular complexity index is 236. The Morgan fingerprint density at radius 1 is 1.20 bits per heavy atom. The molecule has 0 spiro atoms. The molecule has 120 valence electrons. The van der Waals surface area contributed by atoms with Crippen molar-refractivity contribution >= 4 is 5.97 Å². The molecule has 20 heavy (non-hydrogen) atoms. The van der Waals surface area contributed by atoms with Gasteiger partial charge in [-0.15, -0.1) is 0 Å². The molecule has 2 unspecified atom stereocenters. The summed E-state index contributed by atoms with van der Waals surface area (Å²) < 4.78 is 10.7. The highest BCUT2D eigenvalue weighted by Crippen LogP contribution is 2.12. The molecule has 0 aromatic rings. The molecular formula is C15H31NO4. The van der Waals surface area contributed by atoms with E-state index in [1.807, 2.05) is 0 Å². The molecule has 0 aliphatic heterocycles. The van der Waals surface area contributed by atoms with Crippen LogP contribution in [0.25, 0.3) is 0 Å². The number of hydrogen-bond acceptors (Lipinski definition) is 5. The minimum Gasteiger partial charge on any atom is -0.462 e. The first kappa shape index (κ1) is 19.4. The number of nitrogens with two attached hydrogens (primary N) is 1. The van der Waals surface area contributed by atoms with E-state index in [1.165, 1.54) is 32.6 Å². The smallest absolute Gasteiger partial charge is 0.302 e. The summed E-state index contributed by atoms with van der Waals surface area (Å²) in [5.41, 5.74) is 5.54. The topological polar surface area (TPSA) is 81.8 Å². The third-order valence-electron chi connectivity index (χ3n) is 3.11. The molecule has 0 fully saturated rings. The molecule has 5 nitrogen and oxygen atoms in total. The van der Waals surface area contributed by atoms with Crippen LogP contribution >= 0.6 is 0 Å². The average Bonchev–Trinajstić information content (AvgIpc) is 2.42. The molecule has 0 heterocycles. The molecule has 0 saturated carbocycles. The Kier molecular flexibility index (Phi) is 12.9. The molecule has 0 saturated heterocycles. The maximum Gasteiger partial charge on any atom is 0.302 e. The Morgan fingerprint density at radius 2 is 1.90 bits per heavy atom. The molecule has 0 rings (SSSR count). The second-order valence-corrected chi connectivity index (χ2v) is 5.24. The number of aliphatic hydroxyl groups excluding tert-OH is 1. The molecule has 0 bridgehead atoms. The van der Waals surface area contributed by atoms with E-state index in [0.717, 1.165) is 12.8 Å². The molecule has 0 amide bonds. The fourth-order valence-corrected chi connectivity index (χ4v) is 1.97. The van der Waals surface area contributed by atoms with E-state index in [2.05, 4.69) is 6.92 Å². The van der Waals surface area contributed by atoms with E-state index in [-0.39, 0.29) is 24.7 Å². The molecule has 3 N–H and O–H groups in total. The summed E-state index contributed by atoms with van der Waals surface area (Å²) in [6.45, 7) is 4.38. The van der Waals surface area contributed by atoms with Gasteiger partial charge in [-0.1, -0.05) is 32.6 Å². The predicted molar refractivity (Wildman–Crippen MR) is 79.4 cm³/mol. The summed E-state index contributed by atoms with van der Waals surface area (Å²) in [7, 11) is 0. The van der Waals surface area contributed by atoms with Crippen LogP contribution in [0.15, 0.2) is 0 Å². The van der Waals surface area contributed by atoms with Gasteiger partial charge in [0.15, 0.2) is 0 Å². The summed E-state index contributed by atoms with van der Waals surface area (Å²) in [5.74, 6) is -0.240. The number of esters is 1. The van der Waals surface area contributed by atoms with Gasteiger partial charge in [0, 0.05) is 13.3 Å². The van der Waals surface area contributed by atoms with Crippen LogP contribution in [0.4, 0.5) is 0 Å². The third-order valence-corrected chi connectivity index (χ3v) is 3.11. The molecule has 5 heteroatoms. The van der Waals surface area contributed by atoms with Crippen LogP contribution in [0.1, 0.15) is 58.8 Å². The van der Waals surface area contributed by atoms with Crippen molar-refractivity contribution in [2.24, 2.45) is 5.73 Å². The lowest BCUT2D eigenvalue weighted by atomic mass is 10.1. The van der Waals surface area contributed by atoms with Crippen molar-refractivity contribution in [3.63, 3.8) is 0 Å². The summed E-state index contributed by atoms with van der Waals surface area (Å²) in [6, 6.07) is -0.337. The largest absolute Gasteiger partial charge is 0.462 e. The zero-order chi connectivity index (χ0) is 15.2. The van der Waals surface area contributed by atoms with Crippen LogP contribution in [0.2, 0.25) is 0 Å². The van der Waals surface area contributed by atoms with Gasteiger partial charge >= 0.3 is 5.97 Å². The Hall–Kier alpha value is -0.650. The first-order valence-electron chi connectivity index (χ1n) is 7.71. The van der Waals surface area contributed by atoms with Crippen LogP contribution in [0.3, 0.4) is 0 Å². The van der Waals surface area contributed by atoms with Gasteiger partial charge in [-0.05, 0) is 12.8 Å². The van der Waals surface area contributed by atoms with Crippen LogP contribution in [0.5, 0.6) is 0 Å². The number of carbonyl (C=O) groups excluding carboxylic acids is 1. The highest BCUT2D eigenvalue weighted by atomic mass is 16.5. The molecule has 0 radical (unpaired) electrons. The van der Waals surface area contributed by atoms with Gasteiger partial charge in [0.1, 0.15) is 6.10 Å². The summed E-state index contributed by atoms with van der Waals surface area (Å²) in [5, 5.41) is 8.77. The fraction of sp³-hybridized carbons (Fsp3) is 0.933. The van der Waals surface area contributed by atoms with Crippen LogP contribution < -0.4 is 5.73 Å². The minimum atomic E-state index is -0.337. The van der Waals surface area contributed by atoms with Crippen LogP contribution in [-0.4, -0.2) is 43.0 Å². The van der Waals surface area contributed by atoms with Crippen molar-refractivity contribution in [3.8, 4) is 0 Å². The van der Waals surface area contributed by atoms with Crippen molar-refractivity contribution in [2.45, 2.75) is 70.9 Å². The number of aliphatic hydroxyl groups is 1. The lowest BCUT2D eigenvalue weighted by Gasteiger charge is -2.17. The minimum absolute atomic E-state index is 0.0699. The Balaban J connectivity index is 3.75. The fourth-order valence-electron chi connectivity index (χ4n) is 1.97. The zero-order valence-corrected chi connectivity index (χ0v) is 13.0. The lowest BCUT2D eigenvalue weighted by Crippen LogP contribution is -2.30. The highest BCUT2D eigenvalue weighted by Gasteiger charge is 2.12. The quantitative estimate of drug-likeness (QED) is 0.400. The number of ether oxygens (including phenoxy) is 2. The Labute approximate surface area is 122 Å². The SMILES string of the molecule is CCCCCCCC(CCOCC(N)CO)OC(C)=O. The lowest BCUT2D eigenvalue weighted by molar-refractivity contribution is -0.147. The monoisotopic (exact) mass is 289 g/mol. The number of rotatable bonds is 13. The van der Waals surface area contributed by atoms with Gasteiger partial charge in [0.25, 0.3) is 0 Å². The van der Waals surface area contributed by atoms with Gasteiger partial charge < -0.3 is 20.3 Å². The molecule has 0 aliphatic carbocycles. The van der Waals surface area contributed by atoms with Gasteiger partial charge in [-0.25, -0.2) is 0 Å². The standard InChI is InChI=1S/C15H31NO4/c1-3-4-5-6-7-8-15(20-13(2)18)9-10-19-12-14(16)11-17/h14-15,17H,3-12,16H2,1-2H3. The van der Waals surface area contributed by atoms with E-state index in [9.17, 15) is 4.79 Å². The maximum absolute atomic E-state index is 11.1. The average molecular weight is 289 g/mol. The molecule has 0 aliphatic rings. The van der Waals surface area contributed by atoms with Crippen molar-refractivity contribution in [1.29, 1.82) is 0 Å². The molecule has 0 aromatic carbocycles. The van der Waals surface area contributed by atoms with Gasteiger partial charge in [-0.3, -0.25) is 4.79 Å². The number of hydrogen-bond donors (Lipinski definition) is 2. The first-order chi connectivity index (χ1) is 9.60. The van der Waals surface area contributed by atoms with Crippen molar-refractivity contribution in [2.75, 3.05) is 19.8 Å². The second-order valence-electron chi connectivity index (χ2n) is 5.24. The summed E-state index contributed by atoms with van der Waals surface area (Å²) in [4.78, 5) is 11.1. The normalized spacial score (nSPS) is 14.0. The summed E-state index contributed by atoms with van der Waals surface area (Å²) >= 11 is 0. The third kappa shape index (κ3) is 12.4. The number of carbonyl (C=O) groups is 1. The van der Waals surface area contributed by atoms with Crippen LogP contribution in [-0.2, 0) is 14.3 Å². The molecule has 0 aromatic heterocycles.